The number of hydrogen-bond donors (Lipinski definition) is 0. The van der Waals surface area contributed by atoms with E-state index in [1.54, 1.807) is 11.8 Å². The molecule has 0 saturated heterocycles. The van der Waals surface area contributed by atoms with Crippen LogP contribution in [0.3, 0.4) is 0 Å². The second-order valence-corrected chi connectivity index (χ2v) is 5.63. The van der Waals surface area contributed by atoms with E-state index in [4.69, 9.17) is 4.98 Å². The largest absolute Gasteiger partial charge is 0.228 e. The maximum Gasteiger partial charge on any atom is 0.161 e. The molecule has 0 radical (unpaired) electrons. The third kappa shape index (κ3) is 2.98. The molecule has 0 amide bonds. The van der Waals surface area contributed by atoms with Crippen LogP contribution in [0.15, 0.2) is 65.7 Å². The van der Waals surface area contributed by atoms with E-state index in [0.29, 0.717) is 0 Å². The van der Waals surface area contributed by atoms with E-state index in [1.807, 2.05) is 48.7 Å². The summed E-state index contributed by atoms with van der Waals surface area (Å²) >= 11 is 1.64. The van der Waals surface area contributed by atoms with Crippen LogP contribution in [0.2, 0.25) is 0 Å². The predicted molar refractivity (Wildman–Crippen MR) is 89.4 cm³/mol. The number of nitrogens with zero attached hydrogens (tertiary/aromatic N) is 2. The average molecular weight is 292 g/mol. The average Bonchev–Trinajstić information content (AvgIpc) is 2.55. The van der Waals surface area contributed by atoms with Crippen LogP contribution in [0.5, 0.6) is 0 Å². The molecule has 3 rings (SSSR count). The molecule has 1 heterocycles. The zero-order valence-electron chi connectivity index (χ0n) is 12.1. The molecule has 0 saturated carbocycles. The van der Waals surface area contributed by atoms with Crippen molar-refractivity contribution in [2.24, 2.45) is 0 Å². The van der Waals surface area contributed by atoms with Gasteiger partial charge >= 0.3 is 0 Å². The Hall–Kier alpha value is -2.13. The van der Waals surface area contributed by atoms with Crippen LogP contribution in [-0.4, -0.2) is 16.2 Å². The van der Waals surface area contributed by atoms with Crippen molar-refractivity contribution in [2.75, 3.05) is 6.26 Å². The summed E-state index contributed by atoms with van der Waals surface area (Å²) in [6, 6.07) is 20.5. The van der Waals surface area contributed by atoms with Gasteiger partial charge in [0.1, 0.15) is 5.03 Å². The molecular formula is C18H16N2S. The summed E-state index contributed by atoms with van der Waals surface area (Å²) in [7, 11) is 0. The fourth-order valence-corrected chi connectivity index (χ4v) is 2.65. The smallest absolute Gasteiger partial charge is 0.161 e. The Kier molecular flexibility index (Phi) is 4.02. The van der Waals surface area contributed by atoms with Gasteiger partial charge in [-0.3, -0.25) is 0 Å². The number of thioether (sulfide) groups is 1. The van der Waals surface area contributed by atoms with Crippen molar-refractivity contribution in [1.82, 2.24) is 9.97 Å². The minimum absolute atomic E-state index is 0.778. The summed E-state index contributed by atoms with van der Waals surface area (Å²) in [6.07, 6.45) is 2.04. The molecule has 0 unspecified atom stereocenters. The summed E-state index contributed by atoms with van der Waals surface area (Å²) in [5.41, 5.74) is 4.41. The minimum Gasteiger partial charge on any atom is -0.228 e. The molecule has 0 fully saturated rings. The summed E-state index contributed by atoms with van der Waals surface area (Å²) in [5, 5.41) is 0.988. The van der Waals surface area contributed by atoms with Gasteiger partial charge in [-0.2, -0.15) is 0 Å². The maximum absolute atomic E-state index is 4.76. The lowest BCUT2D eigenvalue weighted by Gasteiger charge is -2.09. The van der Waals surface area contributed by atoms with Crippen molar-refractivity contribution in [1.29, 1.82) is 0 Å². The Morgan fingerprint density at radius 2 is 1.57 bits per heavy atom. The molecule has 0 atom stereocenters. The summed E-state index contributed by atoms with van der Waals surface area (Å²) in [4.78, 5) is 9.39. The van der Waals surface area contributed by atoms with Crippen LogP contribution in [0.25, 0.3) is 22.6 Å². The Labute approximate surface area is 129 Å². The normalized spacial score (nSPS) is 10.6. The lowest BCUT2D eigenvalue weighted by Crippen LogP contribution is -1.95. The third-order valence-corrected chi connectivity index (χ3v) is 3.99. The van der Waals surface area contributed by atoms with Crippen molar-refractivity contribution < 1.29 is 0 Å². The van der Waals surface area contributed by atoms with Gasteiger partial charge in [-0.25, -0.2) is 9.97 Å². The van der Waals surface area contributed by atoms with Crippen LogP contribution < -0.4 is 0 Å². The second kappa shape index (κ2) is 6.10. The van der Waals surface area contributed by atoms with Gasteiger partial charge in [0, 0.05) is 11.1 Å². The zero-order valence-corrected chi connectivity index (χ0v) is 12.9. The molecule has 0 N–H and O–H groups in total. The van der Waals surface area contributed by atoms with Crippen LogP contribution in [-0.2, 0) is 0 Å². The lowest BCUT2D eigenvalue weighted by atomic mass is 10.1. The monoisotopic (exact) mass is 292 g/mol. The van der Waals surface area contributed by atoms with E-state index < -0.39 is 0 Å². The molecule has 104 valence electrons. The predicted octanol–water partition coefficient (Wildman–Crippen LogP) is 4.84. The molecule has 0 aliphatic carbocycles. The molecule has 2 nitrogen and oxygen atoms in total. The molecule has 0 aliphatic rings. The number of aryl methyl sites for hydroxylation is 1. The van der Waals surface area contributed by atoms with E-state index >= 15 is 0 Å². The van der Waals surface area contributed by atoms with Gasteiger partial charge in [-0.1, -0.05) is 54.6 Å². The van der Waals surface area contributed by atoms with Gasteiger partial charge in [-0.15, -0.1) is 11.8 Å². The first-order chi connectivity index (χ1) is 10.3. The summed E-state index contributed by atoms with van der Waals surface area (Å²) < 4.78 is 0. The Morgan fingerprint density at radius 3 is 2.29 bits per heavy atom. The second-order valence-electron chi connectivity index (χ2n) is 4.80. The van der Waals surface area contributed by atoms with Gasteiger partial charge in [0.15, 0.2) is 5.82 Å². The van der Waals surface area contributed by atoms with Crippen molar-refractivity contribution >= 4 is 11.8 Å². The van der Waals surface area contributed by atoms with E-state index in [2.05, 4.69) is 30.1 Å². The van der Waals surface area contributed by atoms with Gasteiger partial charge in [-0.05, 0) is 24.8 Å². The number of benzene rings is 2. The van der Waals surface area contributed by atoms with Crippen molar-refractivity contribution in [3.05, 3.63) is 66.2 Å². The lowest BCUT2D eigenvalue weighted by molar-refractivity contribution is 1.06. The van der Waals surface area contributed by atoms with Gasteiger partial charge in [0.25, 0.3) is 0 Å². The zero-order chi connectivity index (χ0) is 14.7. The fourth-order valence-electron chi connectivity index (χ4n) is 2.24. The van der Waals surface area contributed by atoms with Crippen molar-refractivity contribution in [3.63, 3.8) is 0 Å². The first-order valence-electron chi connectivity index (χ1n) is 6.82. The maximum atomic E-state index is 4.76. The highest BCUT2D eigenvalue weighted by Gasteiger charge is 2.09. The van der Waals surface area contributed by atoms with E-state index in [1.165, 1.54) is 5.56 Å². The summed E-state index contributed by atoms with van der Waals surface area (Å²) in [6.45, 7) is 2.11. The minimum atomic E-state index is 0.778. The van der Waals surface area contributed by atoms with Gasteiger partial charge < -0.3 is 0 Å². The van der Waals surface area contributed by atoms with Crippen LogP contribution >= 0.6 is 11.8 Å². The molecular weight excluding hydrogens is 276 g/mol. The van der Waals surface area contributed by atoms with Gasteiger partial charge in [0.05, 0.1) is 5.69 Å². The van der Waals surface area contributed by atoms with Crippen LogP contribution in [0.4, 0.5) is 0 Å². The standard InChI is InChI=1S/C18H16N2S/c1-13-8-6-7-11-15(13)16-12-17(21-2)20-18(19-16)14-9-4-3-5-10-14/h3-12H,1-2H3. The molecule has 21 heavy (non-hydrogen) atoms. The summed E-state index contributed by atoms with van der Waals surface area (Å²) in [5.74, 6) is 0.778. The van der Waals surface area contributed by atoms with E-state index in [9.17, 15) is 0 Å². The van der Waals surface area contributed by atoms with Crippen LogP contribution in [0.1, 0.15) is 5.56 Å². The number of rotatable bonds is 3. The highest BCUT2D eigenvalue weighted by molar-refractivity contribution is 7.98. The van der Waals surface area contributed by atoms with Crippen molar-refractivity contribution in [3.8, 4) is 22.6 Å². The molecule has 2 aromatic carbocycles. The molecule has 0 aliphatic heterocycles. The number of hydrogen-bond acceptors (Lipinski definition) is 3. The van der Waals surface area contributed by atoms with Crippen LogP contribution in [0, 0.1) is 6.92 Å². The highest BCUT2D eigenvalue weighted by Crippen LogP contribution is 2.27. The van der Waals surface area contributed by atoms with E-state index in [-0.39, 0.29) is 0 Å². The van der Waals surface area contributed by atoms with Gasteiger partial charge in [0.2, 0.25) is 0 Å². The SMILES string of the molecule is CSc1cc(-c2ccccc2C)nc(-c2ccccc2)n1. The van der Waals surface area contributed by atoms with Crippen molar-refractivity contribution in [2.45, 2.75) is 11.9 Å². The topological polar surface area (TPSA) is 25.8 Å². The molecule has 0 bridgehead atoms. The molecule has 0 spiro atoms. The highest BCUT2D eigenvalue weighted by atomic mass is 32.2. The molecule has 1 aromatic heterocycles. The number of aromatic nitrogens is 2. The molecule has 3 heteroatoms. The first kappa shape index (κ1) is 13.8. The third-order valence-electron chi connectivity index (χ3n) is 3.36. The molecule has 3 aromatic rings. The Morgan fingerprint density at radius 1 is 0.857 bits per heavy atom. The fraction of sp³-hybridized carbons (Fsp3) is 0.111. The van der Waals surface area contributed by atoms with E-state index in [0.717, 1.165) is 27.7 Å². The first-order valence-corrected chi connectivity index (χ1v) is 8.05. The Bertz CT molecular complexity index is 754. The Balaban J connectivity index is 2.17. The quantitative estimate of drug-likeness (QED) is 0.510.